The number of aliphatic hydroxyl groups excluding tert-OH is 1. The van der Waals surface area contributed by atoms with Crippen molar-refractivity contribution in [3.8, 4) is 0 Å². The van der Waals surface area contributed by atoms with Crippen molar-refractivity contribution in [2.24, 2.45) is 0 Å². The van der Waals surface area contributed by atoms with Crippen molar-refractivity contribution in [1.82, 2.24) is 10.2 Å². The quantitative estimate of drug-likeness (QED) is 0.785. The molecule has 1 aromatic rings. The standard InChI is InChI=1S/C19H27ClN2O4/c1-12-13-6-5-7-15(16(23)11-21-17(24)10-20)14(13)8-9-22(12)18(25)26-19(2,3)4/h5-7,12,16,23H,8-11H2,1-4H3,(H,21,24)/t12-,16?/m0/s1. The lowest BCUT2D eigenvalue weighted by atomic mass is 9.88. The fourth-order valence-corrected chi connectivity index (χ4v) is 3.24. The Balaban J connectivity index is 2.18. The second-order valence-corrected chi connectivity index (χ2v) is 7.74. The predicted molar refractivity (Wildman–Crippen MR) is 100 cm³/mol. The molecular formula is C19H27ClN2O4. The number of amides is 2. The number of alkyl halides is 1. The average Bonchev–Trinajstić information content (AvgIpc) is 2.57. The Hall–Kier alpha value is -1.79. The van der Waals surface area contributed by atoms with Gasteiger partial charge in [-0.3, -0.25) is 4.79 Å². The summed E-state index contributed by atoms with van der Waals surface area (Å²) < 4.78 is 5.50. The number of nitrogens with one attached hydrogen (secondary N) is 1. The molecule has 6 nitrogen and oxygen atoms in total. The van der Waals surface area contributed by atoms with E-state index < -0.39 is 11.7 Å². The first-order valence-electron chi connectivity index (χ1n) is 8.76. The first-order valence-corrected chi connectivity index (χ1v) is 9.29. The number of aliphatic hydroxyl groups is 1. The van der Waals surface area contributed by atoms with Gasteiger partial charge in [0.25, 0.3) is 0 Å². The van der Waals surface area contributed by atoms with Gasteiger partial charge in [-0.1, -0.05) is 18.2 Å². The van der Waals surface area contributed by atoms with E-state index in [4.69, 9.17) is 16.3 Å². The van der Waals surface area contributed by atoms with Crippen LogP contribution in [0.2, 0.25) is 0 Å². The molecule has 0 bridgehead atoms. The van der Waals surface area contributed by atoms with Gasteiger partial charge in [0.15, 0.2) is 0 Å². The van der Waals surface area contributed by atoms with E-state index in [2.05, 4.69) is 5.32 Å². The maximum atomic E-state index is 12.5. The molecule has 0 spiro atoms. The normalized spacial score (nSPS) is 18.1. The van der Waals surface area contributed by atoms with E-state index in [-0.39, 0.29) is 30.5 Å². The monoisotopic (exact) mass is 382 g/mol. The van der Waals surface area contributed by atoms with E-state index in [1.165, 1.54) is 0 Å². The van der Waals surface area contributed by atoms with E-state index in [0.29, 0.717) is 13.0 Å². The number of nitrogens with zero attached hydrogens (tertiary/aromatic N) is 1. The molecule has 1 aliphatic rings. The van der Waals surface area contributed by atoms with Crippen LogP contribution in [-0.2, 0) is 16.0 Å². The summed E-state index contributed by atoms with van der Waals surface area (Å²) in [7, 11) is 0. The van der Waals surface area contributed by atoms with Crippen LogP contribution in [0.15, 0.2) is 18.2 Å². The number of fused-ring (bicyclic) bond motifs is 1. The van der Waals surface area contributed by atoms with E-state index in [9.17, 15) is 14.7 Å². The minimum absolute atomic E-state index is 0.103. The average molecular weight is 383 g/mol. The third-order valence-corrected chi connectivity index (χ3v) is 4.61. The summed E-state index contributed by atoms with van der Waals surface area (Å²) >= 11 is 5.46. The molecule has 1 aliphatic heterocycles. The van der Waals surface area contributed by atoms with E-state index in [0.717, 1.165) is 16.7 Å². The highest BCUT2D eigenvalue weighted by atomic mass is 35.5. The molecule has 2 N–H and O–H groups in total. The van der Waals surface area contributed by atoms with Crippen LogP contribution < -0.4 is 5.32 Å². The first-order chi connectivity index (χ1) is 12.1. The van der Waals surface area contributed by atoms with Gasteiger partial charge in [0.1, 0.15) is 11.5 Å². The van der Waals surface area contributed by atoms with Crippen molar-refractivity contribution < 1.29 is 19.4 Å². The Morgan fingerprint density at radius 2 is 2.12 bits per heavy atom. The Morgan fingerprint density at radius 1 is 1.42 bits per heavy atom. The van der Waals surface area contributed by atoms with Gasteiger partial charge in [0.2, 0.25) is 5.91 Å². The highest BCUT2D eigenvalue weighted by molar-refractivity contribution is 6.27. The van der Waals surface area contributed by atoms with Crippen molar-refractivity contribution in [3.63, 3.8) is 0 Å². The van der Waals surface area contributed by atoms with Gasteiger partial charge >= 0.3 is 6.09 Å². The molecule has 26 heavy (non-hydrogen) atoms. The number of ether oxygens (including phenoxy) is 1. The highest BCUT2D eigenvalue weighted by Crippen LogP contribution is 2.34. The molecular weight excluding hydrogens is 356 g/mol. The highest BCUT2D eigenvalue weighted by Gasteiger charge is 2.32. The van der Waals surface area contributed by atoms with E-state index >= 15 is 0 Å². The van der Waals surface area contributed by atoms with Gasteiger partial charge < -0.3 is 20.1 Å². The molecule has 0 saturated carbocycles. The summed E-state index contributed by atoms with van der Waals surface area (Å²) in [5, 5.41) is 13.1. The van der Waals surface area contributed by atoms with Gasteiger partial charge in [-0.25, -0.2) is 4.79 Å². The maximum Gasteiger partial charge on any atom is 0.410 e. The molecule has 1 aromatic carbocycles. The number of halogens is 1. The van der Waals surface area contributed by atoms with Crippen molar-refractivity contribution in [2.75, 3.05) is 19.0 Å². The molecule has 7 heteroatoms. The smallest absolute Gasteiger partial charge is 0.410 e. The van der Waals surface area contributed by atoms with Crippen molar-refractivity contribution in [3.05, 3.63) is 34.9 Å². The summed E-state index contributed by atoms with van der Waals surface area (Å²) in [6.45, 7) is 8.10. The van der Waals surface area contributed by atoms with Crippen molar-refractivity contribution >= 4 is 23.6 Å². The minimum Gasteiger partial charge on any atom is -0.444 e. The van der Waals surface area contributed by atoms with Crippen LogP contribution in [0.5, 0.6) is 0 Å². The fraction of sp³-hybridized carbons (Fsp3) is 0.579. The first kappa shape index (κ1) is 20.5. The second kappa shape index (κ2) is 8.27. The summed E-state index contributed by atoms with van der Waals surface area (Å²) in [4.78, 5) is 25.5. The second-order valence-electron chi connectivity index (χ2n) is 7.47. The molecule has 0 aromatic heterocycles. The Morgan fingerprint density at radius 3 is 2.73 bits per heavy atom. The Kier molecular flexibility index (Phi) is 6.53. The third-order valence-electron chi connectivity index (χ3n) is 4.37. The van der Waals surface area contributed by atoms with Gasteiger partial charge in [-0.15, -0.1) is 11.6 Å². The van der Waals surface area contributed by atoms with E-state index in [1.54, 1.807) is 4.90 Å². The van der Waals surface area contributed by atoms with Gasteiger partial charge in [-0.2, -0.15) is 0 Å². The number of rotatable bonds is 4. The zero-order chi connectivity index (χ0) is 19.5. The Labute approximate surface area is 159 Å². The minimum atomic E-state index is -0.822. The van der Waals surface area contributed by atoms with Crippen LogP contribution >= 0.6 is 11.6 Å². The number of benzene rings is 1. The summed E-state index contributed by atoms with van der Waals surface area (Å²) in [5.74, 6) is -0.457. The van der Waals surface area contributed by atoms with Crippen LogP contribution in [0.3, 0.4) is 0 Å². The number of carbonyl (C=O) groups excluding carboxylic acids is 2. The topological polar surface area (TPSA) is 78.9 Å². The maximum absolute atomic E-state index is 12.5. The van der Waals surface area contributed by atoms with Crippen LogP contribution in [0, 0.1) is 0 Å². The number of hydrogen-bond donors (Lipinski definition) is 2. The fourth-order valence-electron chi connectivity index (χ4n) is 3.15. The summed E-state index contributed by atoms with van der Waals surface area (Å²) in [6, 6.07) is 5.52. The molecule has 1 unspecified atom stereocenters. The zero-order valence-electron chi connectivity index (χ0n) is 15.7. The molecule has 2 rings (SSSR count). The SMILES string of the molecule is C[C@H]1c2cccc(C(O)CNC(=O)CCl)c2CCN1C(=O)OC(C)(C)C. The third kappa shape index (κ3) is 4.89. The number of hydrogen-bond acceptors (Lipinski definition) is 4. The van der Waals surface area contributed by atoms with Crippen molar-refractivity contribution in [2.45, 2.75) is 51.9 Å². The molecule has 0 radical (unpaired) electrons. The lowest BCUT2D eigenvalue weighted by Gasteiger charge is -2.37. The summed E-state index contributed by atoms with van der Waals surface area (Å²) in [5.41, 5.74) is 2.23. The molecule has 2 amide bonds. The van der Waals surface area contributed by atoms with Crippen molar-refractivity contribution in [1.29, 1.82) is 0 Å². The lowest BCUT2D eigenvalue weighted by Crippen LogP contribution is -2.42. The van der Waals surface area contributed by atoms with Gasteiger partial charge in [-0.05, 0) is 50.8 Å². The molecule has 0 fully saturated rings. The number of carbonyl (C=O) groups is 2. The molecule has 0 saturated heterocycles. The van der Waals surface area contributed by atoms with E-state index in [1.807, 2.05) is 45.9 Å². The molecule has 1 heterocycles. The van der Waals surface area contributed by atoms with Gasteiger partial charge in [0, 0.05) is 13.1 Å². The zero-order valence-corrected chi connectivity index (χ0v) is 16.5. The predicted octanol–water partition coefficient (Wildman–Crippen LogP) is 2.93. The van der Waals surface area contributed by atoms with Crippen LogP contribution in [0.25, 0.3) is 0 Å². The molecule has 144 valence electrons. The van der Waals surface area contributed by atoms with Crippen LogP contribution in [-0.4, -0.2) is 46.6 Å². The molecule has 2 atom stereocenters. The molecule has 0 aliphatic carbocycles. The van der Waals surface area contributed by atoms with Crippen LogP contribution in [0.1, 0.15) is 56.5 Å². The van der Waals surface area contributed by atoms with Gasteiger partial charge in [0.05, 0.1) is 12.1 Å². The summed E-state index contributed by atoms with van der Waals surface area (Å²) in [6.07, 6.45) is -0.538. The van der Waals surface area contributed by atoms with Crippen LogP contribution in [0.4, 0.5) is 4.79 Å². The largest absolute Gasteiger partial charge is 0.444 e. The Bertz CT molecular complexity index is 672. The lowest BCUT2D eigenvalue weighted by molar-refractivity contribution is -0.119.